The van der Waals surface area contributed by atoms with E-state index < -0.39 is 18.5 Å². The van der Waals surface area contributed by atoms with Crippen LogP contribution in [0.1, 0.15) is 26.2 Å². The number of alkyl halides is 3. The fourth-order valence-corrected chi connectivity index (χ4v) is 2.19. The molecule has 1 aliphatic heterocycles. The van der Waals surface area contributed by atoms with Crippen molar-refractivity contribution in [2.24, 2.45) is 11.7 Å². The first kappa shape index (κ1) is 13.3. The first-order valence-electron chi connectivity index (χ1n) is 5.41. The zero-order valence-electron chi connectivity index (χ0n) is 9.26. The summed E-state index contributed by atoms with van der Waals surface area (Å²) in [5, 5.41) is 0. The molecule has 0 spiro atoms. The standard InChI is InChI=1S/C10H17F3N2O/c1-7-3-2-4-15(8(7)6-14)9(16)5-10(11,12)13/h7-8H,2-6,14H2,1H3/t7-,8+/m0/s1. The highest BCUT2D eigenvalue weighted by atomic mass is 19.4. The van der Waals surface area contributed by atoms with Gasteiger partial charge < -0.3 is 10.6 Å². The van der Waals surface area contributed by atoms with E-state index in [4.69, 9.17) is 5.73 Å². The van der Waals surface area contributed by atoms with Crippen LogP contribution in [0.5, 0.6) is 0 Å². The minimum Gasteiger partial charge on any atom is -0.338 e. The SMILES string of the molecule is C[C@H]1CCCN(C(=O)CC(F)(F)F)[C@@H]1CN. The molecule has 0 aromatic carbocycles. The maximum Gasteiger partial charge on any atom is 0.397 e. The van der Waals surface area contributed by atoms with Gasteiger partial charge in [0.1, 0.15) is 6.42 Å². The maximum atomic E-state index is 12.1. The van der Waals surface area contributed by atoms with Gasteiger partial charge in [-0.3, -0.25) is 4.79 Å². The Kier molecular flexibility index (Phi) is 4.18. The maximum absolute atomic E-state index is 12.1. The molecule has 1 saturated heterocycles. The van der Waals surface area contributed by atoms with Gasteiger partial charge in [-0.1, -0.05) is 6.92 Å². The van der Waals surface area contributed by atoms with Crippen LogP contribution in [0, 0.1) is 5.92 Å². The van der Waals surface area contributed by atoms with E-state index in [0.717, 1.165) is 12.8 Å². The molecule has 0 aromatic rings. The summed E-state index contributed by atoms with van der Waals surface area (Å²) in [5.74, 6) is -0.676. The van der Waals surface area contributed by atoms with Crippen molar-refractivity contribution in [3.8, 4) is 0 Å². The smallest absolute Gasteiger partial charge is 0.338 e. The van der Waals surface area contributed by atoms with Gasteiger partial charge in [0.05, 0.1) is 0 Å². The molecule has 1 rings (SSSR count). The monoisotopic (exact) mass is 238 g/mol. The number of rotatable bonds is 2. The average Bonchev–Trinajstić information content (AvgIpc) is 2.14. The minimum absolute atomic E-state index is 0.177. The van der Waals surface area contributed by atoms with Gasteiger partial charge in [0.25, 0.3) is 0 Å². The van der Waals surface area contributed by atoms with Gasteiger partial charge in [0.15, 0.2) is 0 Å². The van der Waals surface area contributed by atoms with Crippen LogP contribution in [-0.2, 0) is 4.79 Å². The van der Waals surface area contributed by atoms with Crippen molar-refractivity contribution in [2.45, 2.75) is 38.4 Å². The zero-order valence-corrected chi connectivity index (χ0v) is 9.26. The third kappa shape index (κ3) is 3.37. The lowest BCUT2D eigenvalue weighted by atomic mass is 9.90. The van der Waals surface area contributed by atoms with Gasteiger partial charge in [0.2, 0.25) is 5.91 Å². The Hall–Kier alpha value is -0.780. The third-order valence-corrected chi connectivity index (χ3v) is 3.03. The molecule has 0 saturated carbocycles. The van der Waals surface area contributed by atoms with Gasteiger partial charge in [-0.05, 0) is 18.8 Å². The van der Waals surface area contributed by atoms with Crippen molar-refractivity contribution in [1.82, 2.24) is 4.90 Å². The van der Waals surface area contributed by atoms with E-state index in [1.54, 1.807) is 0 Å². The fraction of sp³-hybridized carbons (Fsp3) is 0.900. The van der Waals surface area contributed by atoms with Crippen LogP contribution in [0.15, 0.2) is 0 Å². The molecule has 1 heterocycles. The van der Waals surface area contributed by atoms with E-state index >= 15 is 0 Å². The topological polar surface area (TPSA) is 46.3 Å². The summed E-state index contributed by atoms with van der Waals surface area (Å²) in [6.07, 6.45) is -4.15. The van der Waals surface area contributed by atoms with E-state index in [1.165, 1.54) is 4.90 Å². The number of halogens is 3. The van der Waals surface area contributed by atoms with Crippen molar-refractivity contribution in [2.75, 3.05) is 13.1 Å². The minimum atomic E-state index is -4.43. The molecule has 1 fully saturated rings. The van der Waals surface area contributed by atoms with Crippen LogP contribution in [0.3, 0.4) is 0 Å². The summed E-state index contributed by atoms with van der Waals surface area (Å²) in [5.41, 5.74) is 5.51. The van der Waals surface area contributed by atoms with E-state index in [-0.39, 0.29) is 18.5 Å². The summed E-state index contributed by atoms with van der Waals surface area (Å²) in [6.45, 7) is 2.54. The molecule has 1 amide bonds. The second kappa shape index (κ2) is 5.03. The molecule has 6 heteroatoms. The molecule has 2 N–H and O–H groups in total. The highest BCUT2D eigenvalue weighted by molar-refractivity contribution is 5.77. The Morgan fingerprint density at radius 3 is 2.62 bits per heavy atom. The van der Waals surface area contributed by atoms with Crippen LogP contribution < -0.4 is 5.73 Å². The van der Waals surface area contributed by atoms with Crippen molar-refractivity contribution in [3.05, 3.63) is 0 Å². The molecule has 0 unspecified atom stereocenters. The van der Waals surface area contributed by atoms with Gasteiger partial charge >= 0.3 is 6.18 Å². The van der Waals surface area contributed by atoms with E-state index in [2.05, 4.69) is 0 Å². The van der Waals surface area contributed by atoms with Crippen molar-refractivity contribution >= 4 is 5.91 Å². The Bertz CT molecular complexity index is 255. The molecule has 0 bridgehead atoms. The summed E-state index contributed by atoms with van der Waals surface area (Å²) in [7, 11) is 0. The fourth-order valence-electron chi connectivity index (χ4n) is 2.19. The molecule has 3 nitrogen and oxygen atoms in total. The predicted molar refractivity (Wildman–Crippen MR) is 53.6 cm³/mol. The quantitative estimate of drug-likeness (QED) is 0.793. The lowest BCUT2D eigenvalue weighted by Crippen LogP contribution is -2.52. The number of hydrogen-bond donors (Lipinski definition) is 1. The second-order valence-corrected chi connectivity index (χ2v) is 4.30. The number of likely N-dealkylation sites (tertiary alicyclic amines) is 1. The molecule has 0 aromatic heterocycles. The van der Waals surface area contributed by atoms with Crippen LogP contribution in [-0.4, -0.2) is 36.1 Å². The van der Waals surface area contributed by atoms with Crippen molar-refractivity contribution in [3.63, 3.8) is 0 Å². The number of carbonyl (C=O) groups excluding carboxylic acids is 1. The number of nitrogens with two attached hydrogens (primary N) is 1. The normalized spacial score (nSPS) is 26.9. The first-order chi connectivity index (χ1) is 7.35. The van der Waals surface area contributed by atoms with Crippen molar-refractivity contribution < 1.29 is 18.0 Å². The van der Waals surface area contributed by atoms with Gasteiger partial charge in [-0.15, -0.1) is 0 Å². The lowest BCUT2D eigenvalue weighted by Gasteiger charge is -2.39. The molecular formula is C10H17F3N2O. The number of nitrogens with zero attached hydrogens (tertiary/aromatic N) is 1. The number of carbonyl (C=O) groups is 1. The highest BCUT2D eigenvalue weighted by Crippen LogP contribution is 2.26. The Morgan fingerprint density at radius 2 is 2.12 bits per heavy atom. The molecule has 0 radical (unpaired) electrons. The van der Waals surface area contributed by atoms with Crippen LogP contribution >= 0.6 is 0 Å². The summed E-state index contributed by atoms with van der Waals surface area (Å²) in [4.78, 5) is 12.8. The Balaban J connectivity index is 2.66. The Labute approximate surface area is 92.8 Å². The summed E-state index contributed by atoms with van der Waals surface area (Å²) in [6, 6.07) is -0.247. The zero-order chi connectivity index (χ0) is 12.3. The molecule has 94 valence electrons. The van der Waals surface area contributed by atoms with E-state index in [0.29, 0.717) is 6.54 Å². The average molecular weight is 238 g/mol. The van der Waals surface area contributed by atoms with Gasteiger partial charge in [0, 0.05) is 19.1 Å². The molecule has 0 aliphatic carbocycles. The van der Waals surface area contributed by atoms with Gasteiger partial charge in [-0.2, -0.15) is 13.2 Å². The molecule has 1 aliphatic rings. The van der Waals surface area contributed by atoms with Gasteiger partial charge in [-0.25, -0.2) is 0 Å². The van der Waals surface area contributed by atoms with Crippen LogP contribution in [0.2, 0.25) is 0 Å². The summed E-state index contributed by atoms with van der Waals surface area (Å²) >= 11 is 0. The van der Waals surface area contributed by atoms with Crippen LogP contribution in [0.25, 0.3) is 0 Å². The lowest BCUT2D eigenvalue weighted by molar-refractivity contribution is -0.164. The van der Waals surface area contributed by atoms with E-state index in [9.17, 15) is 18.0 Å². The molecule has 16 heavy (non-hydrogen) atoms. The highest BCUT2D eigenvalue weighted by Gasteiger charge is 2.37. The van der Waals surface area contributed by atoms with Crippen LogP contribution in [0.4, 0.5) is 13.2 Å². The number of hydrogen-bond acceptors (Lipinski definition) is 2. The summed E-state index contributed by atoms with van der Waals surface area (Å²) < 4.78 is 36.3. The second-order valence-electron chi connectivity index (χ2n) is 4.30. The first-order valence-corrected chi connectivity index (χ1v) is 5.41. The molecule has 2 atom stereocenters. The van der Waals surface area contributed by atoms with Crippen molar-refractivity contribution in [1.29, 1.82) is 0 Å². The molecular weight excluding hydrogens is 221 g/mol. The Morgan fingerprint density at radius 1 is 1.50 bits per heavy atom. The predicted octanol–water partition coefficient (Wildman–Crippen LogP) is 1.52. The number of amides is 1. The number of piperidine rings is 1. The largest absolute Gasteiger partial charge is 0.397 e. The van der Waals surface area contributed by atoms with E-state index in [1.807, 2.05) is 6.92 Å². The third-order valence-electron chi connectivity index (χ3n) is 3.03.